The summed E-state index contributed by atoms with van der Waals surface area (Å²) < 4.78 is 3.96. The molecule has 0 atom stereocenters. The normalized spacial score (nSPS) is 4.80. The molecule has 0 rings (SSSR count). The molecule has 0 aliphatic rings. The van der Waals surface area contributed by atoms with E-state index in [-0.39, 0.29) is 21.1 Å². The zero-order chi connectivity index (χ0) is 4.12. The number of rotatable bonds is 2. The Labute approximate surface area is 42.8 Å². The van der Waals surface area contributed by atoms with E-state index in [1.807, 2.05) is 8.18 Å². The van der Waals surface area contributed by atoms with Gasteiger partial charge >= 0.3 is 42.5 Å². The van der Waals surface area contributed by atoms with Crippen LogP contribution in [0.15, 0.2) is 21.3 Å². The zero-order valence-corrected chi connectivity index (χ0v) is 5.92. The molecule has 0 aliphatic carbocycles. The molecule has 5 heavy (non-hydrogen) atoms. The maximum atomic E-state index is 3.55. The van der Waals surface area contributed by atoms with Crippen molar-refractivity contribution in [3.05, 3.63) is 21.3 Å². The molecule has 0 nitrogen and oxygen atoms in total. The molecule has 0 saturated heterocycles. The predicted molar refractivity (Wildman–Crippen MR) is 26.1 cm³/mol. The molecule has 24 valence electrons. The van der Waals surface area contributed by atoms with E-state index < -0.39 is 0 Å². The van der Waals surface area contributed by atoms with Gasteiger partial charge in [-0.2, -0.15) is 0 Å². The Hall–Kier alpha value is 0.279. The van der Waals surface area contributed by atoms with Crippen molar-refractivity contribution in [2.24, 2.45) is 0 Å². The van der Waals surface area contributed by atoms with Crippen LogP contribution >= 0.6 is 0 Å². The Kier molecular flexibility index (Phi) is 4.52. The molecule has 0 N–H and O–H groups in total. The quantitative estimate of drug-likeness (QED) is 0.545. The number of hydrogen-bond donors (Lipinski definition) is 0. The van der Waals surface area contributed by atoms with Gasteiger partial charge in [-0.05, 0) is 0 Å². The summed E-state index contributed by atoms with van der Waals surface area (Å²) in [6.07, 6.45) is 0. The molecule has 0 fully saturated rings. The van der Waals surface area contributed by atoms with Gasteiger partial charge in [0.1, 0.15) is 0 Å². The second-order valence-electron chi connectivity index (χ2n) is 0.575. The Bertz CT molecular complexity index is 32.9. The average Bonchev–Trinajstić information content (AvgIpc) is 1.41. The summed E-state index contributed by atoms with van der Waals surface area (Å²) in [7, 11) is 0. The van der Waals surface area contributed by atoms with Gasteiger partial charge < -0.3 is 0 Å². The molecule has 0 aromatic heterocycles. The zero-order valence-electron chi connectivity index (χ0n) is 3.07. The van der Waals surface area contributed by atoms with Crippen LogP contribution in [0.3, 0.4) is 0 Å². The van der Waals surface area contributed by atoms with Gasteiger partial charge in [0.05, 0.1) is 0 Å². The van der Waals surface area contributed by atoms with E-state index in [2.05, 4.69) is 13.2 Å². The third-order valence-electron chi connectivity index (χ3n) is 0.236. The van der Waals surface area contributed by atoms with Crippen molar-refractivity contribution in [2.75, 3.05) is 0 Å². The van der Waals surface area contributed by atoms with Crippen LogP contribution < -0.4 is 0 Å². The summed E-state index contributed by atoms with van der Waals surface area (Å²) >= 11 is -0.254. The van der Waals surface area contributed by atoms with Gasteiger partial charge in [-0.3, -0.25) is 0 Å². The van der Waals surface area contributed by atoms with E-state index in [9.17, 15) is 0 Å². The Morgan fingerprint density at radius 1 is 1.20 bits per heavy atom. The Balaban J connectivity index is 2.65. The van der Waals surface area contributed by atoms with Crippen LogP contribution in [-0.2, 0) is 0 Å². The molecular formula is C4H6Sn+2. The fourth-order valence-corrected chi connectivity index (χ4v) is 0.559. The average molecular weight is 173 g/mol. The van der Waals surface area contributed by atoms with Crippen molar-refractivity contribution in [1.29, 1.82) is 0 Å². The number of hydrogen-bond acceptors (Lipinski definition) is 0. The van der Waals surface area contributed by atoms with Crippen LogP contribution in [0.5, 0.6) is 0 Å². The monoisotopic (exact) mass is 174 g/mol. The third-order valence-corrected chi connectivity index (χ3v) is 1.58. The molecule has 0 heterocycles. The van der Waals surface area contributed by atoms with Gasteiger partial charge in [0.15, 0.2) is 0 Å². The first kappa shape index (κ1) is 5.28. The van der Waals surface area contributed by atoms with E-state index in [4.69, 9.17) is 0 Å². The van der Waals surface area contributed by atoms with E-state index in [1.165, 1.54) is 0 Å². The van der Waals surface area contributed by atoms with Crippen LogP contribution in [-0.4, -0.2) is 21.1 Å². The molecule has 0 aliphatic heterocycles. The third kappa shape index (κ3) is 4.28. The maximum absolute atomic E-state index is 3.55. The first-order valence-electron chi connectivity index (χ1n) is 1.39. The molecule has 0 unspecified atom stereocenters. The van der Waals surface area contributed by atoms with Crippen molar-refractivity contribution in [1.82, 2.24) is 0 Å². The Morgan fingerprint density at radius 2 is 1.60 bits per heavy atom. The van der Waals surface area contributed by atoms with Gasteiger partial charge in [-0.15, -0.1) is 0 Å². The molecule has 0 aromatic rings. The summed E-state index contributed by atoms with van der Waals surface area (Å²) in [6, 6.07) is 0. The molecule has 0 aromatic carbocycles. The van der Waals surface area contributed by atoms with E-state index in [0.717, 1.165) is 0 Å². The van der Waals surface area contributed by atoms with Crippen molar-refractivity contribution in [3.8, 4) is 0 Å². The van der Waals surface area contributed by atoms with Gasteiger partial charge in [0, 0.05) is 0 Å². The minimum absolute atomic E-state index is 0.254. The summed E-state index contributed by atoms with van der Waals surface area (Å²) in [4.78, 5) is 0. The first-order valence-corrected chi connectivity index (χ1v) is 4.69. The second kappa shape index (κ2) is 4.28. The van der Waals surface area contributed by atoms with Crippen LogP contribution in [0.2, 0.25) is 0 Å². The fourth-order valence-electron chi connectivity index (χ4n) is 0.0833. The molecule has 0 saturated carbocycles. The second-order valence-corrected chi connectivity index (χ2v) is 3.86. The van der Waals surface area contributed by atoms with E-state index in [1.54, 1.807) is 0 Å². The summed E-state index contributed by atoms with van der Waals surface area (Å²) in [5.74, 6) is 0. The molecule has 0 spiro atoms. The summed E-state index contributed by atoms with van der Waals surface area (Å²) in [5, 5.41) is 0. The van der Waals surface area contributed by atoms with Crippen LogP contribution in [0.25, 0.3) is 0 Å². The summed E-state index contributed by atoms with van der Waals surface area (Å²) in [6.45, 7) is 7.11. The minimum atomic E-state index is -0.254. The van der Waals surface area contributed by atoms with E-state index in [0.29, 0.717) is 0 Å². The predicted octanol–water partition coefficient (Wildman–Crippen LogP) is 0.978. The van der Waals surface area contributed by atoms with Gasteiger partial charge in [0.2, 0.25) is 0 Å². The van der Waals surface area contributed by atoms with Crippen molar-refractivity contribution in [2.45, 2.75) is 0 Å². The topological polar surface area (TPSA) is 0 Å². The van der Waals surface area contributed by atoms with Gasteiger partial charge in [0.25, 0.3) is 0 Å². The summed E-state index contributed by atoms with van der Waals surface area (Å²) in [5.41, 5.74) is 0. The molecule has 1 heteroatoms. The van der Waals surface area contributed by atoms with Crippen LogP contribution in [0, 0.1) is 0 Å². The fraction of sp³-hybridized carbons (Fsp3) is 0. The standard InChI is InChI=1S/2C2H3.Sn/c2*1-2;/h2*1H,2H2;/q;;+2. The molecule has 0 radical (unpaired) electrons. The van der Waals surface area contributed by atoms with Crippen molar-refractivity contribution >= 4 is 21.1 Å². The Morgan fingerprint density at radius 3 is 1.60 bits per heavy atom. The molecule has 0 bridgehead atoms. The van der Waals surface area contributed by atoms with Gasteiger partial charge in [-0.1, -0.05) is 0 Å². The SMILES string of the molecule is C=[CH][Sn+2][CH]=C. The molecular weight excluding hydrogens is 167 g/mol. The molecule has 0 amide bonds. The van der Waals surface area contributed by atoms with Crippen LogP contribution in [0.4, 0.5) is 0 Å². The van der Waals surface area contributed by atoms with Crippen molar-refractivity contribution < 1.29 is 0 Å². The first-order chi connectivity index (χ1) is 2.41. The van der Waals surface area contributed by atoms with Crippen LogP contribution in [0.1, 0.15) is 0 Å². The van der Waals surface area contributed by atoms with E-state index >= 15 is 0 Å². The van der Waals surface area contributed by atoms with Crippen molar-refractivity contribution in [3.63, 3.8) is 0 Å². The van der Waals surface area contributed by atoms with Gasteiger partial charge in [-0.25, -0.2) is 0 Å².